The van der Waals surface area contributed by atoms with Crippen LogP contribution in [0, 0.1) is 0 Å². The lowest BCUT2D eigenvalue weighted by molar-refractivity contribution is -0.128. The van der Waals surface area contributed by atoms with Crippen molar-refractivity contribution in [1.82, 2.24) is 4.90 Å². The summed E-state index contributed by atoms with van der Waals surface area (Å²) in [5.74, 6) is 0.602. The number of benzene rings is 2. The zero-order chi connectivity index (χ0) is 19.4. The van der Waals surface area contributed by atoms with E-state index in [1.54, 1.807) is 26.2 Å². The van der Waals surface area contributed by atoms with Crippen molar-refractivity contribution < 1.29 is 13.9 Å². The summed E-state index contributed by atoms with van der Waals surface area (Å²) in [4.78, 5) is 25.3. The molecule has 3 rings (SSSR count). The van der Waals surface area contributed by atoms with Crippen molar-refractivity contribution in [3.8, 4) is 5.75 Å². The fourth-order valence-corrected chi connectivity index (χ4v) is 2.98. The van der Waals surface area contributed by atoms with E-state index in [1.165, 1.54) is 11.0 Å². The van der Waals surface area contributed by atoms with E-state index in [0.717, 1.165) is 16.5 Å². The van der Waals surface area contributed by atoms with E-state index in [9.17, 15) is 9.59 Å². The Hall–Kier alpha value is -2.79. The van der Waals surface area contributed by atoms with Gasteiger partial charge >= 0.3 is 5.63 Å². The standard InChI is InChI=1S/C21H20ClNO4/c1-23(2)20(24)9-6-15-11-21(25)27-19-12-17(7-8-18(15)19)26-13-14-4-3-5-16(22)10-14/h3-5,7-8,10-12H,6,9,13H2,1-2H3. The van der Waals surface area contributed by atoms with Crippen molar-refractivity contribution in [1.29, 1.82) is 0 Å². The van der Waals surface area contributed by atoms with Crippen LogP contribution < -0.4 is 10.4 Å². The molecule has 0 saturated carbocycles. The highest BCUT2D eigenvalue weighted by Gasteiger charge is 2.10. The lowest BCUT2D eigenvalue weighted by Crippen LogP contribution is -2.22. The van der Waals surface area contributed by atoms with E-state index >= 15 is 0 Å². The average molecular weight is 386 g/mol. The highest BCUT2D eigenvalue weighted by atomic mass is 35.5. The number of nitrogens with zero attached hydrogens (tertiary/aromatic N) is 1. The van der Waals surface area contributed by atoms with Crippen LogP contribution >= 0.6 is 11.6 Å². The van der Waals surface area contributed by atoms with Gasteiger partial charge in [-0.1, -0.05) is 23.7 Å². The van der Waals surface area contributed by atoms with Crippen LogP contribution in [-0.2, 0) is 17.8 Å². The number of hydrogen-bond donors (Lipinski definition) is 0. The molecule has 1 aromatic heterocycles. The first-order valence-corrected chi connectivity index (χ1v) is 8.94. The van der Waals surface area contributed by atoms with Gasteiger partial charge in [-0.3, -0.25) is 4.79 Å². The van der Waals surface area contributed by atoms with Crippen molar-refractivity contribution >= 4 is 28.5 Å². The lowest BCUT2D eigenvalue weighted by atomic mass is 10.0. The Balaban J connectivity index is 1.80. The van der Waals surface area contributed by atoms with E-state index in [1.807, 2.05) is 30.3 Å². The number of halogens is 1. The second-order valence-corrected chi connectivity index (χ2v) is 6.89. The smallest absolute Gasteiger partial charge is 0.336 e. The molecule has 140 valence electrons. The summed E-state index contributed by atoms with van der Waals surface area (Å²) in [5, 5.41) is 1.45. The number of ether oxygens (including phenoxy) is 1. The molecule has 1 heterocycles. The fraction of sp³-hybridized carbons (Fsp3) is 0.238. The first-order valence-electron chi connectivity index (χ1n) is 8.56. The highest BCUT2D eigenvalue weighted by molar-refractivity contribution is 6.30. The van der Waals surface area contributed by atoms with Crippen molar-refractivity contribution in [3.63, 3.8) is 0 Å². The van der Waals surface area contributed by atoms with Crippen LogP contribution in [0.1, 0.15) is 17.5 Å². The average Bonchev–Trinajstić information content (AvgIpc) is 2.63. The van der Waals surface area contributed by atoms with Crippen LogP contribution in [0.2, 0.25) is 5.02 Å². The summed E-state index contributed by atoms with van der Waals surface area (Å²) in [5.41, 5.74) is 1.73. The van der Waals surface area contributed by atoms with E-state index in [-0.39, 0.29) is 5.91 Å². The summed E-state index contributed by atoms with van der Waals surface area (Å²) >= 11 is 5.98. The summed E-state index contributed by atoms with van der Waals surface area (Å²) < 4.78 is 11.1. The van der Waals surface area contributed by atoms with Crippen molar-refractivity contribution in [2.24, 2.45) is 0 Å². The third-order valence-electron chi connectivity index (χ3n) is 4.20. The molecule has 0 fully saturated rings. The van der Waals surface area contributed by atoms with Crippen LogP contribution in [0.3, 0.4) is 0 Å². The molecule has 0 aliphatic carbocycles. The molecule has 0 N–H and O–H groups in total. The molecule has 0 atom stereocenters. The van der Waals surface area contributed by atoms with E-state index in [2.05, 4.69) is 0 Å². The van der Waals surface area contributed by atoms with Gasteiger partial charge in [0.2, 0.25) is 5.91 Å². The minimum atomic E-state index is -0.443. The number of aryl methyl sites for hydroxylation is 1. The molecular weight excluding hydrogens is 366 g/mol. The minimum Gasteiger partial charge on any atom is -0.489 e. The second kappa shape index (κ2) is 8.27. The number of carbonyl (C=O) groups is 1. The Kier molecular flexibility index (Phi) is 5.81. The van der Waals surface area contributed by atoms with Crippen LogP contribution in [0.5, 0.6) is 5.75 Å². The van der Waals surface area contributed by atoms with Gasteiger partial charge in [0, 0.05) is 43.1 Å². The Labute approximate surface area is 162 Å². The maximum Gasteiger partial charge on any atom is 0.336 e. The maximum absolute atomic E-state index is 11.9. The van der Waals surface area contributed by atoms with Crippen LogP contribution in [0.15, 0.2) is 57.7 Å². The molecular formula is C21H20ClNO4. The lowest BCUT2D eigenvalue weighted by Gasteiger charge is -2.11. The number of amides is 1. The van der Waals surface area contributed by atoms with Gasteiger partial charge in [0.05, 0.1) is 0 Å². The number of carbonyl (C=O) groups excluding carboxylic acids is 1. The molecule has 27 heavy (non-hydrogen) atoms. The van der Waals surface area contributed by atoms with Crippen molar-refractivity contribution in [2.45, 2.75) is 19.4 Å². The largest absolute Gasteiger partial charge is 0.489 e. The maximum atomic E-state index is 11.9. The third-order valence-corrected chi connectivity index (χ3v) is 4.44. The molecule has 0 bridgehead atoms. The third kappa shape index (κ3) is 4.89. The normalized spacial score (nSPS) is 10.8. The van der Waals surface area contributed by atoms with Gasteiger partial charge < -0.3 is 14.1 Å². The number of hydrogen-bond acceptors (Lipinski definition) is 4. The second-order valence-electron chi connectivity index (χ2n) is 6.46. The molecule has 2 aromatic carbocycles. The van der Waals surface area contributed by atoms with E-state index in [4.69, 9.17) is 20.8 Å². The van der Waals surface area contributed by atoms with Crippen LogP contribution in [0.25, 0.3) is 11.0 Å². The Morgan fingerprint density at radius 1 is 1.15 bits per heavy atom. The quantitative estimate of drug-likeness (QED) is 0.601. The molecule has 0 aliphatic heterocycles. The molecule has 3 aromatic rings. The predicted molar refractivity (Wildman–Crippen MR) is 105 cm³/mol. The van der Waals surface area contributed by atoms with Crippen LogP contribution in [0.4, 0.5) is 0 Å². The first kappa shape index (κ1) is 19.0. The number of fused-ring (bicyclic) bond motifs is 1. The van der Waals surface area contributed by atoms with Crippen LogP contribution in [-0.4, -0.2) is 24.9 Å². The molecule has 0 spiro atoms. The van der Waals surface area contributed by atoms with Gasteiger partial charge in [0.25, 0.3) is 0 Å². The summed E-state index contributed by atoms with van der Waals surface area (Å²) in [6.07, 6.45) is 0.806. The molecule has 0 saturated heterocycles. The van der Waals surface area contributed by atoms with Gasteiger partial charge in [0.15, 0.2) is 0 Å². The predicted octanol–water partition coefficient (Wildman–Crippen LogP) is 4.05. The first-order chi connectivity index (χ1) is 12.9. The Bertz CT molecular complexity index is 1030. The minimum absolute atomic E-state index is 0.0119. The Morgan fingerprint density at radius 3 is 2.70 bits per heavy atom. The van der Waals surface area contributed by atoms with Gasteiger partial charge in [-0.05, 0) is 41.8 Å². The molecule has 0 radical (unpaired) electrons. The van der Waals surface area contributed by atoms with Crippen molar-refractivity contribution in [3.05, 3.63) is 75.1 Å². The van der Waals surface area contributed by atoms with Crippen molar-refractivity contribution in [2.75, 3.05) is 14.1 Å². The molecule has 6 heteroatoms. The molecule has 5 nitrogen and oxygen atoms in total. The summed E-state index contributed by atoms with van der Waals surface area (Å²) in [6.45, 7) is 0.354. The molecule has 0 unspecified atom stereocenters. The SMILES string of the molecule is CN(C)C(=O)CCc1cc(=O)oc2cc(OCc3cccc(Cl)c3)ccc12. The van der Waals surface area contributed by atoms with Gasteiger partial charge in [-0.25, -0.2) is 4.79 Å². The Morgan fingerprint density at radius 2 is 1.96 bits per heavy atom. The molecule has 1 amide bonds. The monoisotopic (exact) mass is 385 g/mol. The highest BCUT2D eigenvalue weighted by Crippen LogP contribution is 2.24. The van der Waals surface area contributed by atoms with Gasteiger partial charge in [-0.15, -0.1) is 0 Å². The van der Waals surface area contributed by atoms with E-state index < -0.39 is 5.63 Å². The van der Waals surface area contributed by atoms with Gasteiger partial charge in [0.1, 0.15) is 17.9 Å². The fourth-order valence-electron chi connectivity index (χ4n) is 2.77. The topological polar surface area (TPSA) is 59.8 Å². The molecule has 0 aliphatic rings. The number of rotatable bonds is 6. The summed E-state index contributed by atoms with van der Waals surface area (Å²) in [6, 6.07) is 14.2. The summed E-state index contributed by atoms with van der Waals surface area (Å²) in [7, 11) is 3.42. The zero-order valence-corrected chi connectivity index (χ0v) is 16.0. The zero-order valence-electron chi connectivity index (χ0n) is 15.2. The van der Waals surface area contributed by atoms with Gasteiger partial charge in [-0.2, -0.15) is 0 Å². The van der Waals surface area contributed by atoms with E-state index in [0.29, 0.717) is 35.8 Å².